The summed E-state index contributed by atoms with van der Waals surface area (Å²) in [5.41, 5.74) is 0.816. The van der Waals surface area contributed by atoms with Crippen LogP contribution in [-0.4, -0.2) is 34.2 Å². The quantitative estimate of drug-likeness (QED) is 0.701. The van der Waals surface area contributed by atoms with E-state index in [1.165, 1.54) is 12.5 Å². The van der Waals surface area contributed by atoms with Crippen LogP contribution in [-0.2, 0) is 16.0 Å². The zero-order valence-corrected chi connectivity index (χ0v) is 11.8. The Morgan fingerprint density at radius 1 is 1.25 bits per heavy atom. The predicted molar refractivity (Wildman–Crippen MR) is 75.4 cm³/mol. The molecule has 1 atom stereocenters. The van der Waals surface area contributed by atoms with Crippen LogP contribution >= 0.6 is 0 Å². The summed E-state index contributed by atoms with van der Waals surface area (Å²) in [6, 6.07) is 7.93. The van der Waals surface area contributed by atoms with Crippen molar-refractivity contribution in [1.82, 2.24) is 5.32 Å². The van der Waals surface area contributed by atoms with Crippen molar-refractivity contribution in [2.24, 2.45) is 0 Å². The zero-order chi connectivity index (χ0) is 15.2. The Bertz CT molecular complexity index is 465. The van der Waals surface area contributed by atoms with E-state index in [0.29, 0.717) is 12.8 Å². The first kappa shape index (κ1) is 16.2. The average Bonchev–Trinajstić information content (AvgIpc) is 2.34. The van der Waals surface area contributed by atoms with Gasteiger partial charge in [0.1, 0.15) is 0 Å². The Morgan fingerprint density at radius 2 is 1.85 bits per heavy atom. The number of hydrogen-bond donors (Lipinski definition) is 3. The van der Waals surface area contributed by atoms with Crippen molar-refractivity contribution < 1.29 is 19.8 Å². The maximum Gasteiger partial charge on any atom is 0.306 e. The second-order valence-electron chi connectivity index (χ2n) is 5.33. The third kappa shape index (κ3) is 6.33. The minimum Gasteiger partial charge on any atom is -0.481 e. The van der Waals surface area contributed by atoms with Crippen LogP contribution in [0.1, 0.15) is 30.9 Å². The molecular formula is C15H21NO4. The van der Waals surface area contributed by atoms with Crippen LogP contribution < -0.4 is 5.32 Å². The van der Waals surface area contributed by atoms with Gasteiger partial charge in [-0.1, -0.05) is 29.8 Å². The van der Waals surface area contributed by atoms with Gasteiger partial charge in [-0.25, -0.2) is 0 Å². The van der Waals surface area contributed by atoms with Gasteiger partial charge in [-0.15, -0.1) is 0 Å². The lowest BCUT2D eigenvalue weighted by Gasteiger charge is -2.21. The van der Waals surface area contributed by atoms with E-state index in [2.05, 4.69) is 5.32 Å². The third-order valence-electron chi connectivity index (χ3n) is 2.96. The van der Waals surface area contributed by atoms with E-state index in [-0.39, 0.29) is 12.5 Å². The van der Waals surface area contributed by atoms with Crippen LogP contribution in [0, 0.1) is 6.92 Å². The van der Waals surface area contributed by atoms with Crippen LogP contribution in [0.25, 0.3) is 0 Å². The maximum atomic E-state index is 11.6. The highest BCUT2D eigenvalue weighted by molar-refractivity contribution is 5.76. The topological polar surface area (TPSA) is 86.6 Å². The summed E-state index contributed by atoms with van der Waals surface area (Å²) >= 11 is 0. The summed E-state index contributed by atoms with van der Waals surface area (Å²) in [5.74, 6) is -1.29. The van der Waals surface area contributed by atoms with Crippen LogP contribution in [0.15, 0.2) is 24.3 Å². The molecule has 3 N–H and O–H groups in total. The summed E-state index contributed by atoms with van der Waals surface area (Å²) in [6.07, 6.45) is 0.532. The number of aliphatic hydroxyl groups is 1. The number of carboxylic acid groups (broad SMARTS) is 1. The number of carboxylic acids is 1. The normalized spacial score (nSPS) is 13.6. The second kappa shape index (κ2) is 7.05. The summed E-state index contributed by atoms with van der Waals surface area (Å²) in [5, 5.41) is 20.9. The van der Waals surface area contributed by atoms with Gasteiger partial charge in [0.15, 0.2) is 0 Å². The summed E-state index contributed by atoms with van der Waals surface area (Å²) in [7, 11) is 0. The number of carbonyl (C=O) groups excluding carboxylic acids is 1. The molecule has 0 heterocycles. The molecule has 0 saturated heterocycles. The zero-order valence-electron chi connectivity index (χ0n) is 11.8. The van der Waals surface area contributed by atoms with Crippen molar-refractivity contribution in [3.63, 3.8) is 0 Å². The number of carbonyl (C=O) groups is 2. The molecule has 0 bridgehead atoms. The molecule has 0 fully saturated rings. The van der Waals surface area contributed by atoms with E-state index in [4.69, 9.17) is 5.11 Å². The van der Waals surface area contributed by atoms with E-state index in [1.807, 2.05) is 31.2 Å². The molecule has 1 rings (SSSR count). The summed E-state index contributed by atoms with van der Waals surface area (Å²) in [6.45, 7) is 3.33. The van der Waals surface area contributed by atoms with E-state index >= 15 is 0 Å². The monoisotopic (exact) mass is 279 g/mol. The third-order valence-corrected chi connectivity index (χ3v) is 2.96. The number of rotatable bonds is 7. The van der Waals surface area contributed by atoms with Crippen LogP contribution in [0.5, 0.6) is 0 Å². The highest BCUT2D eigenvalue weighted by Gasteiger charge is 2.24. The molecule has 20 heavy (non-hydrogen) atoms. The minimum atomic E-state index is -1.43. The molecule has 1 aromatic carbocycles. The first-order chi connectivity index (χ1) is 9.28. The molecule has 0 saturated carbocycles. The minimum absolute atomic E-state index is 0.0635. The van der Waals surface area contributed by atoms with Gasteiger partial charge in [0.25, 0.3) is 0 Å². The molecule has 0 spiro atoms. The fourth-order valence-corrected chi connectivity index (χ4v) is 1.78. The van der Waals surface area contributed by atoms with E-state index < -0.39 is 18.0 Å². The Morgan fingerprint density at radius 3 is 2.40 bits per heavy atom. The Kier molecular flexibility index (Phi) is 5.70. The van der Waals surface area contributed by atoms with Crippen molar-refractivity contribution >= 4 is 11.9 Å². The van der Waals surface area contributed by atoms with Crippen molar-refractivity contribution in [3.05, 3.63) is 35.4 Å². The van der Waals surface area contributed by atoms with Gasteiger partial charge >= 0.3 is 5.97 Å². The van der Waals surface area contributed by atoms with Crippen molar-refractivity contribution in [2.75, 3.05) is 6.54 Å². The molecule has 5 nitrogen and oxygen atoms in total. The number of aliphatic carboxylic acids is 1. The largest absolute Gasteiger partial charge is 0.481 e. The number of hydrogen-bond acceptors (Lipinski definition) is 3. The Balaban J connectivity index is 2.33. The molecule has 110 valence electrons. The first-order valence-corrected chi connectivity index (χ1v) is 6.55. The number of benzene rings is 1. The second-order valence-corrected chi connectivity index (χ2v) is 5.33. The highest BCUT2D eigenvalue weighted by Crippen LogP contribution is 2.08. The van der Waals surface area contributed by atoms with Gasteiger partial charge in [-0.05, 0) is 25.8 Å². The molecule has 0 aliphatic heterocycles. The fourth-order valence-electron chi connectivity index (χ4n) is 1.78. The predicted octanol–water partition coefficient (Wildman–Crippen LogP) is 1.27. The van der Waals surface area contributed by atoms with Crippen molar-refractivity contribution in [3.8, 4) is 0 Å². The number of amides is 1. The van der Waals surface area contributed by atoms with Crippen molar-refractivity contribution in [1.29, 1.82) is 0 Å². The molecule has 1 aromatic rings. The van der Waals surface area contributed by atoms with Crippen LogP contribution in [0.3, 0.4) is 0 Å². The van der Waals surface area contributed by atoms with Gasteiger partial charge in [0.2, 0.25) is 5.91 Å². The lowest BCUT2D eigenvalue weighted by molar-refractivity contribution is -0.142. The lowest BCUT2D eigenvalue weighted by Crippen LogP contribution is -2.42. The van der Waals surface area contributed by atoms with Gasteiger partial charge in [0, 0.05) is 13.0 Å². The standard InChI is InChI=1S/C15H21NO4/c1-11-3-5-12(6-4-11)7-8-13(17)16-10-15(2,20)9-14(18)19/h3-6,20H,7-10H2,1-2H3,(H,16,17)(H,18,19). The van der Waals surface area contributed by atoms with Crippen LogP contribution in [0.4, 0.5) is 0 Å². The molecule has 0 radical (unpaired) electrons. The number of nitrogens with one attached hydrogen (secondary N) is 1. The van der Waals surface area contributed by atoms with Gasteiger partial charge in [-0.3, -0.25) is 9.59 Å². The average molecular weight is 279 g/mol. The van der Waals surface area contributed by atoms with Gasteiger partial charge in [-0.2, -0.15) is 0 Å². The van der Waals surface area contributed by atoms with E-state index in [1.54, 1.807) is 0 Å². The summed E-state index contributed by atoms with van der Waals surface area (Å²) < 4.78 is 0. The molecule has 1 amide bonds. The molecule has 0 aromatic heterocycles. The van der Waals surface area contributed by atoms with E-state index in [9.17, 15) is 14.7 Å². The first-order valence-electron chi connectivity index (χ1n) is 6.55. The fraction of sp³-hybridized carbons (Fsp3) is 0.467. The Labute approximate surface area is 118 Å². The van der Waals surface area contributed by atoms with Crippen molar-refractivity contribution in [2.45, 2.75) is 38.7 Å². The van der Waals surface area contributed by atoms with E-state index in [0.717, 1.165) is 5.56 Å². The Hall–Kier alpha value is -1.88. The smallest absolute Gasteiger partial charge is 0.306 e. The molecule has 0 aliphatic carbocycles. The molecule has 0 aliphatic rings. The molecule has 5 heteroatoms. The molecule has 1 unspecified atom stereocenters. The van der Waals surface area contributed by atoms with Gasteiger partial charge < -0.3 is 15.5 Å². The number of aryl methyl sites for hydroxylation is 2. The van der Waals surface area contributed by atoms with Crippen LogP contribution in [0.2, 0.25) is 0 Å². The molecular weight excluding hydrogens is 258 g/mol. The summed E-state index contributed by atoms with van der Waals surface area (Å²) in [4.78, 5) is 22.2. The maximum absolute atomic E-state index is 11.6. The SMILES string of the molecule is Cc1ccc(CCC(=O)NCC(C)(O)CC(=O)O)cc1. The lowest BCUT2D eigenvalue weighted by atomic mass is 10.0. The highest BCUT2D eigenvalue weighted by atomic mass is 16.4. The van der Waals surface area contributed by atoms with Gasteiger partial charge in [0.05, 0.1) is 12.0 Å².